The van der Waals surface area contributed by atoms with Crippen LogP contribution in [0.2, 0.25) is 5.02 Å². The van der Waals surface area contributed by atoms with Gasteiger partial charge >= 0.3 is 0 Å². The number of hydrogen-bond acceptors (Lipinski definition) is 4. The normalized spacial score (nSPS) is 19.1. The summed E-state index contributed by atoms with van der Waals surface area (Å²) in [5.74, 6) is -0.00780. The number of nitrogens with two attached hydrogens (primary N) is 1. The Balaban J connectivity index is 1.92. The summed E-state index contributed by atoms with van der Waals surface area (Å²) in [6.07, 6.45) is 2.08. The van der Waals surface area contributed by atoms with Crippen LogP contribution in [-0.4, -0.2) is 37.1 Å². The van der Waals surface area contributed by atoms with Gasteiger partial charge in [0.15, 0.2) is 0 Å². The quantitative estimate of drug-likeness (QED) is 0.921. The molecule has 2 heterocycles. The third-order valence-electron chi connectivity index (χ3n) is 3.88. The van der Waals surface area contributed by atoms with Crippen LogP contribution in [0.1, 0.15) is 22.5 Å². The molecule has 1 aromatic carbocycles. The Hall–Kier alpha value is -1.30. The highest BCUT2D eigenvalue weighted by Gasteiger charge is 2.27. The minimum atomic E-state index is -0.00780. The molecule has 0 bridgehead atoms. The minimum Gasteiger partial charge on any atom is -0.397 e. The second-order valence-corrected chi connectivity index (χ2v) is 6.73. The smallest absolute Gasteiger partial charge is 0.266 e. The zero-order valence-electron chi connectivity index (χ0n) is 11.8. The summed E-state index contributed by atoms with van der Waals surface area (Å²) in [5.41, 5.74) is 6.69. The number of nitrogen functional groups attached to an aromatic ring is 1. The SMILES string of the molecule is COC1CCCN(C(=O)c2sc3ccc(Cl)cc3c2N)C1. The van der Waals surface area contributed by atoms with Gasteiger partial charge < -0.3 is 15.4 Å². The van der Waals surface area contributed by atoms with Crippen molar-refractivity contribution < 1.29 is 9.53 Å². The second kappa shape index (κ2) is 5.83. The molecule has 6 heteroatoms. The molecule has 1 saturated heterocycles. The first-order chi connectivity index (χ1) is 10.1. The molecule has 0 saturated carbocycles. The number of likely N-dealkylation sites (tertiary alicyclic amines) is 1. The largest absolute Gasteiger partial charge is 0.397 e. The van der Waals surface area contributed by atoms with Crippen LogP contribution in [0.5, 0.6) is 0 Å². The molecule has 0 aliphatic carbocycles. The van der Waals surface area contributed by atoms with E-state index in [1.165, 1.54) is 11.3 Å². The van der Waals surface area contributed by atoms with Gasteiger partial charge in [0.1, 0.15) is 4.88 Å². The van der Waals surface area contributed by atoms with Crippen molar-refractivity contribution >= 4 is 44.6 Å². The lowest BCUT2D eigenvalue weighted by atomic mass is 10.1. The molecule has 1 amide bonds. The van der Waals surface area contributed by atoms with Crippen LogP contribution < -0.4 is 5.73 Å². The van der Waals surface area contributed by atoms with Gasteiger partial charge in [-0.15, -0.1) is 11.3 Å². The van der Waals surface area contributed by atoms with E-state index in [2.05, 4.69) is 0 Å². The highest BCUT2D eigenvalue weighted by molar-refractivity contribution is 7.21. The van der Waals surface area contributed by atoms with E-state index in [4.69, 9.17) is 22.1 Å². The molecule has 2 N–H and O–H groups in total. The van der Waals surface area contributed by atoms with Crippen LogP contribution >= 0.6 is 22.9 Å². The number of ether oxygens (including phenoxy) is 1. The number of halogens is 1. The zero-order chi connectivity index (χ0) is 15.0. The summed E-state index contributed by atoms with van der Waals surface area (Å²) in [6, 6.07) is 5.53. The van der Waals surface area contributed by atoms with Crippen LogP contribution in [-0.2, 0) is 4.74 Å². The number of methoxy groups -OCH3 is 1. The van der Waals surface area contributed by atoms with E-state index in [0.717, 1.165) is 29.5 Å². The lowest BCUT2D eigenvalue weighted by molar-refractivity contribution is 0.0272. The molecule has 112 valence electrons. The van der Waals surface area contributed by atoms with Crippen LogP contribution in [0.4, 0.5) is 5.69 Å². The number of carbonyl (C=O) groups is 1. The van der Waals surface area contributed by atoms with Crippen LogP contribution in [0.25, 0.3) is 10.1 Å². The average Bonchev–Trinajstić information content (AvgIpc) is 2.83. The maximum Gasteiger partial charge on any atom is 0.266 e. The second-order valence-electron chi connectivity index (χ2n) is 5.24. The monoisotopic (exact) mass is 324 g/mol. The molecule has 1 aromatic heterocycles. The number of anilines is 1. The molecule has 1 atom stereocenters. The maximum absolute atomic E-state index is 12.7. The number of rotatable bonds is 2. The van der Waals surface area contributed by atoms with E-state index in [1.54, 1.807) is 7.11 Å². The van der Waals surface area contributed by atoms with E-state index in [0.29, 0.717) is 22.1 Å². The number of thiophene rings is 1. The fourth-order valence-corrected chi connectivity index (χ4v) is 3.95. The Labute approximate surface area is 132 Å². The Morgan fingerprint density at radius 1 is 1.52 bits per heavy atom. The van der Waals surface area contributed by atoms with Gasteiger partial charge in [0.2, 0.25) is 0 Å². The lowest BCUT2D eigenvalue weighted by Crippen LogP contribution is -2.42. The van der Waals surface area contributed by atoms with Crippen molar-refractivity contribution in [1.82, 2.24) is 4.90 Å². The third-order valence-corrected chi connectivity index (χ3v) is 5.29. The van der Waals surface area contributed by atoms with Gasteiger partial charge in [-0.05, 0) is 31.0 Å². The highest BCUT2D eigenvalue weighted by atomic mass is 35.5. The topological polar surface area (TPSA) is 55.6 Å². The summed E-state index contributed by atoms with van der Waals surface area (Å²) >= 11 is 7.43. The lowest BCUT2D eigenvalue weighted by Gasteiger charge is -2.31. The first kappa shape index (κ1) is 14.6. The Morgan fingerprint density at radius 3 is 3.10 bits per heavy atom. The van der Waals surface area contributed by atoms with E-state index in [9.17, 15) is 4.79 Å². The molecule has 3 rings (SSSR count). The van der Waals surface area contributed by atoms with Crippen molar-refractivity contribution in [2.24, 2.45) is 0 Å². The Morgan fingerprint density at radius 2 is 2.33 bits per heavy atom. The molecular weight excluding hydrogens is 308 g/mol. The number of carbonyl (C=O) groups excluding carboxylic acids is 1. The molecular formula is C15H17ClN2O2S. The van der Waals surface area contributed by atoms with Crippen LogP contribution in [0.15, 0.2) is 18.2 Å². The number of amides is 1. The summed E-state index contributed by atoms with van der Waals surface area (Å²) < 4.78 is 6.36. The number of fused-ring (bicyclic) bond motifs is 1. The predicted octanol–water partition coefficient (Wildman–Crippen LogP) is 3.39. The Kier molecular flexibility index (Phi) is 4.06. The van der Waals surface area contributed by atoms with Crippen molar-refractivity contribution in [3.8, 4) is 0 Å². The fourth-order valence-electron chi connectivity index (χ4n) is 2.71. The van der Waals surface area contributed by atoms with Crippen molar-refractivity contribution in [1.29, 1.82) is 0 Å². The summed E-state index contributed by atoms with van der Waals surface area (Å²) in [4.78, 5) is 15.1. The number of benzene rings is 1. The molecule has 0 radical (unpaired) electrons. The number of hydrogen-bond donors (Lipinski definition) is 1. The van der Waals surface area contributed by atoms with Gasteiger partial charge in [-0.1, -0.05) is 11.6 Å². The molecule has 2 aromatic rings. The fraction of sp³-hybridized carbons (Fsp3) is 0.400. The first-order valence-corrected chi connectivity index (χ1v) is 8.09. The summed E-state index contributed by atoms with van der Waals surface area (Å²) in [6.45, 7) is 1.39. The van der Waals surface area contributed by atoms with Gasteiger partial charge in [0.25, 0.3) is 5.91 Å². The average molecular weight is 325 g/mol. The molecule has 1 fully saturated rings. The van der Waals surface area contributed by atoms with Crippen molar-refractivity contribution in [2.75, 3.05) is 25.9 Å². The standard InChI is InChI=1S/C15H17ClN2O2S/c1-20-10-3-2-6-18(8-10)15(19)14-13(17)11-7-9(16)4-5-12(11)21-14/h4-5,7,10H,2-3,6,8,17H2,1H3. The van der Waals surface area contributed by atoms with Crippen LogP contribution in [0, 0.1) is 0 Å². The van der Waals surface area contributed by atoms with E-state index >= 15 is 0 Å². The minimum absolute atomic E-state index is 0.00780. The Bertz CT molecular complexity index is 686. The molecule has 4 nitrogen and oxygen atoms in total. The highest BCUT2D eigenvalue weighted by Crippen LogP contribution is 2.36. The van der Waals surface area contributed by atoms with Crippen molar-refractivity contribution in [3.63, 3.8) is 0 Å². The van der Waals surface area contributed by atoms with Gasteiger partial charge in [-0.25, -0.2) is 0 Å². The number of piperidine rings is 1. The predicted molar refractivity (Wildman–Crippen MR) is 87.2 cm³/mol. The molecule has 0 spiro atoms. The van der Waals surface area contributed by atoms with Gasteiger partial charge in [0.05, 0.1) is 11.8 Å². The maximum atomic E-state index is 12.7. The molecule has 1 aliphatic heterocycles. The van der Waals surface area contributed by atoms with E-state index in [1.807, 2.05) is 23.1 Å². The molecule has 1 aliphatic rings. The summed E-state index contributed by atoms with van der Waals surface area (Å²) in [7, 11) is 1.69. The van der Waals surface area contributed by atoms with E-state index in [-0.39, 0.29) is 12.0 Å². The third kappa shape index (κ3) is 2.73. The van der Waals surface area contributed by atoms with Gasteiger partial charge in [-0.2, -0.15) is 0 Å². The number of nitrogens with zero attached hydrogens (tertiary/aromatic N) is 1. The van der Waals surface area contributed by atoms with Gasteiger partial charge in [0, 0.05) is 35.3 Å². The van der Waals surface area contributed by atoms with E-state index < -0.39 is 0 Å². The van der Waals surface area contributed by atoms with Crippen molar-refractivity contribution in [3.05, 3.63) is 28.1 Å². The van der Waals surface area contributed by atoms with Crippen LogP contribution in [0.3, 0.4) is 0 Å². The van der Waals surface area contributed by atoms with Crippen molar-refractivity contribution in [2.45, 2.75) is 18.9 Å². The zero-order valence-corrected chi connectivity index (χ0v) is 13.3. The molecule has 21 heavy (non-hydrogen) atoms. The molecule has 1 unspecified atom stereocenters. The van der Waals surface area contributed by atoms with Gasteiger partial charge in [-0.3, -0.25) is 4.79 Å². The first-order valence-electron chi connectivity index (χ1n) is 6.89. The summed E-state index contributed by atoms with van der Waals surface area (Å²) in [5, 5.41) is 1.49.